The maximum Gasteiger partial charge on any atom is 0.137 e. The fraction of sp³-hybridized carbons (Fsp3) is 0.0556. The van der Waals surface area contributed by atoms with Crippen molar-refractivity contribution >= 4 is 33.4 Å². The molecular weight excluding hydrogens is 318 g/mol. The number of nitrogens with zero attached hydrogens (tertiary/aromatic N) is 1. The molecule has 2 nitrogen and oxygen atoms in total. The molecule has 0 aliphatic carbocycles. The van der Waals surface area contributed by atoms with Gasteiger partial charge >= 0.3 is 0 Å². The number of H-pyrrole nitrogens is 1. The zero-order valence-electron chi connectivity index (χ0n) is 12.1. The van der Waals surface area contributed by atoms with Gasteiger partial charge < -0.3 is 4.98 Å². The highest BCUT2D eigenvalue weighted by Crippen LogP contribution is 2.35. The van der Waals surface area contributed by atoms with Crippen molar-refractivity contribution in [3.63, 3.8) is 0 Å². The normalized spacial score (nSPS) is 11.5. The molecule has 0 saturated carbocycles. The maximum absolute atomic E-state index is 14.0. The molecule has 23 heavy (non-hydrogen) atoms. The van der Waals surface area contributed by atoms with Crippen LogP contribution in [0.15, 0.2) is 42.6 Å². The molecule has 0 amide bonds. The molecule has 0 aliphatic heterocycles. The van der Waals surface area contributed by atoms with E-state index in [1.165, 1.54) is 6.07 Å². The SMILES string of the molecule is Cc1c(-c2ccc3[nH]ccc3c2)nc2cc(F)cc(F)c2c1Cl. The first-order valence-electron chi connectivity index (χ1n) is 7.07. The molecule has 2 aromatic heterocycles. The van der Waals surface area contributed by atoms with E-state index >= 15 is 0 Å². The van der Waals surface area contributed by atoms with Crippen molar-refractivity contribution in [3.05, 3.63) is 64.8 Å². The lowest BCUT2D eigenvalue weighted by atomic mass is 10.0. The van der Waals surface area contributed by atoms with Crippen LogP contribution in [0.4, 0.5) is 8.78 Å². The second-order valence-corrected chi connectivity index (χ2v) is 5.84. The van der Waals surface area contributed by atoms with Crippen LogP contribution in [0.5, 0.6) is 0 Å². The summed E-state index contributed by atoms with van der Waals surface area (Å²) in [5, 5.41) is 1.44. The van der Waals surface area contributed by atoms with Crippen LogP contribution >= 0.6 is 11.6 Å². The lowest BCUT2D eigenvalue weighted by Gasteiger charge is -2.11. The summed E-state index contributed by atoms with van der Waals surface area (Å²) >= 11 is 6.33. The second-order valence-electron chi connectivity index (χ2n) is 5.46. The summed E-state index contributed by atoms with van der Waals surface area (Å²) in [4.78, 5) is 7.57. The van der Waals surface area contributed by atoms with E-state index in [9.17, 15) is 8.78 Å². The Labute approximate surface area is 135 Å². The van der Waals surface area contributed by atoms with Crippen molar-refractivity contribution in [2.45, 2.75) is 6.92 Å². The van der Waals surface area contributed by atoms with E-state index in [0.29, 0.717) is 11.3 Å². The van der Waals surface area contributed by atoms with Crippen molar-refractivity contribution < 1.29 is 8.78 Å². The fourth-order valence-corrected chi connectivity index (χ4v) is 3.12. The largest absolute Gasteiger partial charge is 0.361 e. The van der Waals surface area contributed by atoms with Gasteiger partial charge in [-0.3, -0.25) is 0 Å². The molecule has 114 valence electrons. The van der Waals surface area contributed by atoms with Crippen LogP contribution < -0.4 is 0 Å². The highest BCUT2D eigenvalue weighted by atomic mass is 35.5. The Kier molecular flexibility index (Phi) is 3.10. The Morgan fingerprint density at radius 3 is 2.74 bits per heavy atom. The molecule has 4 aromatic rings. The summed E-state index contributed by atoms with van der Waals surface area (Å²) < 4.78 is 27.5. The van der Waals surface area contributed by atoms with E-state index in [2.05, 4.69) is 9.97 Å². The Morgan fingerprint density at radius 2 is 1.91 bits per heavy atom. The average Bonchev–Trinajstić information content (AvgIpc) is 2.97. The van der Waals surface area contributed by atoms with Crippen LogP contribution in [0, 0.1) is 18.6 Å². The minimum Gasteiger partial charge on any atom is -0.361 e. The summed E-state index contributed by atoms with van der Waals surface area (Å²) in [6, 6.07) is 9.79. The van der Waals surface area contributed by atoms with Gasteiger partial charge in [-0.05, 0) is 30.7 Å². The number of fused-ring (bicyclic) bond motifs is 2. The van der Waals surface area contributed by atoms with E-state index in [0.717, 1.165) is 22.5 Å². The van der Waals surface area contributed by atoms with E-state index in [4.69, 9.17) is 11.6 Å². The van der Waals surface area contributed by atoms with Crippen molar-refractivity contribution in [3.8, 4) is 11.3 Å². The molecule has 4 rings (SSSR count). The maximum atomic E-state index is 14.0. The molecule has 2 aromatic carbocycles. The van der Waals surface area contributed by atoms with E-state index in [-0.39, 0.29) is 15.9 Å². The van der Waals surface area contributed by atoms with Crippen LogP contribution in [-0.4, -0.2) is 9.97 Å². The molecule has 0 fully saturated rings. The lowest BCUT2D eigenvalue weighted by Crippen LogP contribution is -1.95. The van der Waals surface area contributed by atoms with Gasteiger partial charge in [0.15, 0.2) is 0 Å². The van der Waals surface area contributed by atoms with Gasteiger partial charge in [0.2, 0.25) is 0 Å². The van der Waals surface area contributed by atoms with Gasteiger partial charge in [0, 0.05) is 34.8 Å². The molecule has 2 heterocycles. The summed E-state index contributed by atoms with van der Waals surface area (Å²) in [6.45, 7) is 1.79. The number of rotatable bonds is 1. The van der Waals surface area contributed by atoms with E-state index in [1.807, 2.05) is 30.5 Å². The molecule has 5 heteroatoms. The zero-order valence-corrected chi connectivity index (χ0v) is 12.9. The number of aromatic nitrogens is 2. The third-order valence-electron chi connectivity index (χ3n) is 4.00. The predicted octanol–water partition coefficient (Wildman–Crippen LogP) is 5.62. The molecule has 1 N–H and O–H groups in total. The van der Waals surface area contributed by atoms with Crippen molar-refractivity contribution in [2.24, 2.45) is 0 Å². The van der Waals surface area contributed by atoms with Crippen molar-refractivity contribution in [2.75, 3.05) is 0 Å². The van der Waals surface area contributed by atoms with Gasteiger partial charge in [-0.2, -0.15) is 0 Å². The molecule has 0 saturated heterocycles. The monoisotopic (exact) mass is 328 g/mol. The zero-order chi connectivity index (χ0) is 16.1. The smallest absolute Gasteiger partial charge is 0.137 e. The number of pyridine rings is 1. The van der Waals surface area contributed by atoms with E-state index in [1.54, 1.807) is 6.92 Å². The predicted molar refractivity (Wildman–Crippen MR) is 88.7 cm³/mol. The third-order valence-corrected chi connectivity index (χ3v) is 4.47. The van der Waals surface area contributed by atoms with Gasteiger partial charge in [0.05, 0.1) is 21.6 Å². The quantitative estimate of drug-likeness (QED) is 0.482. The summed E-state index contributed by atoms with van der Waals surface area (Å²) in [5.41, 5.74) is 3.36. The first-order chi connectivity index (χ1) is 11.0. The standard InChI is InChI=1S/C18H11ClF2N2/c1-9-17(19)16-13(21)7-12(20)8-15(16)23-18(9)11-2-3-14-10(6-11)4-5-22-14/h2-8,22H,1H3. The van der Waals surface area contributed by atoms with E-state index < -0.39 is 11.6 Å². The van der Waals surface area contributed by atoms with Crippen LogP contribution in [0.3, 0.4) is 0 Å². The van der Waals surface area contributed by atoms with Crippen LogP contribution in [0.25, 0.3) is 33.1 Å². The Balaban J connectivity index is 2.04. The van der Waals surface area contributed by atoms with Gasteiger partial charge in [-0.1, -0.05) is 17.7 Å². The van der Waals surface area contributed by atoms with Gasteiger partial charge in [0.1, 0.15) is 11.6 Å². The summed E-state index contributed by atoms with van der Waals surface area (Å²) in [6.07, 6.45) is 1.85. The molecule has 0 aliphatic rings. The Bertz CT molecular complexity index is 1070. The minimum absolute atomic E-state index is 0.150. The van der Waals surface area contributed by atoms with Crippen LogP contribution in [0.2, 0.25) is 5.02 Å². The molecule has 0 unspecified atom stereocenters. The third kappa shape index (κ3) is 2.18. The van der Waals surface area contributed by atoms with Crippen molar-refractivity contribution in [1.82, 2.24) is 9.97 Å². The Hall–Kier alpha value is -2.46. The van der Waals surface area contributed by atoms with Gasteiger partial charge in [-0.25, -0.2) is 13.8 Å². The molecule has 0 spiro atoms. The summed E-state index contributed by atoms with van der Waals surface area (Å²) in [5.74, 6) is -1.37. The first-order valence-corrected chi connectivity index (χ1v) is 7.45. The summed E-state index contributed by atoms with van der Waals surface area (Å²) in [7, 11) is 0. The first kappa shape index (κ1) is 14.2. The number of benzene rings is 2. The number of hydrogen-bond donors (Lipinski definition) is 1. The molecular formula is C18H11ClF2N2. The number of hydrogen-bond acceptors (Lipinski definition) is 1. The lowest BCUT2D eigenvalue weighted by molar-refractivity contribution is 0.591. The number of nitrogens with one attached hydrogen (secondary N) is 1. The highest BCUT2D eigenvalue weighted by molar-refractivity contribution is 6.36. The molecule has 0 atom stereocenters. The topological polar surface area (TPSA) is 28.7 Å². The second kappa shape index (κ2) is 5.03. The van der Waals surface area contributed by atoms with Gasteiger partial charge in [0.25, 0.3) is 0 Å². The molecule has 0 radical (unpaired) electrons. The van der Waals surface area contributed by atoms with Crippen LogP contribution in [0.1, 0.15) is 5.56 Å². The number of halogens is 3. The Morgan fingerprint density at radius 1 is 1.09 bits per heavy atom. The van der Waals surface area contributed by atoms with Gasteiger partial charge in [-0.15, -0.1) is 0 Å². The number of aromatic amines is 1. The minimum atomic E-state index is -0.701. The fourth-order valence-electron chi connectivity index (χ4n) is 2.84. The highest BCUT2D eigenvalue weighted by Gasteiger charge is 2.16. The average molecular weight is 329 g/mol. The van der Waals surface area contributed by atoms with Crippen LogP contribution in [-0.2, 0) is 0 Å². The van der Waals surface area contributed by atoms with Crippen molar-refractivity contribution in [1.29, 1.82) is 0 Å². The molecule has 0 bridgehead atoms.